The molecule has 0 aliphatic carbocycles. The Bertz CT molecular complexity index is 193. The highest BCUT2D eigenvalue weighted by atomic mass is 16.5. The maximum atomic E-state index is 11.3. The van der Waals surface area contributed by atoms with E-state index < -0.39 is 0 Å². The lowest BCUT2D eigenvalue weighted by molar-refractivity contribution is -0.134. The molecule has 0 spiro atoms. The van der Waals surface area contributed by atoms with E-state index in [9.17, 15) is 4.79 Å². The standard InChI is InChI=1S/C9H15NO2/c1-12-6-8-4-7-2-3-10(8)5-9(7)11/h7-8H,2-6H2,1H3. The summed E-state index contributed by atoms with van der Waals surface area (Å²) in [5.41, 5.74) is 0. The smallest absolute Gasteiger partial charge is 0.150 e. The second-order valence-electron chi connectivity index (χ2n) is 3.77. The van der Waals surface area contributed by atoms with E-state index >= 15 is 0 Å². The van der Waals surface area contributed by atoms with Crippen LogP contribution in [0.3, 0.4) is 0 Å². The molecule has 0 N–H and O–H groups in total. The lowest BCUT2D eigenvalue weighted by atomic mass is 9.82. The normalized spacial score (nSPS) is 40.4. The van der Waals surface area contributed by atoms with Gasteiger partial charge in [-0.1, -0.05) is 0 Å². The summed E-state index contributed by atoms with van der Waals surface area (Å²) in [6, 6.07) is 0.506. The second-order valence-corrected chi connectivity index (χ2v) is 3.77. The summed E-state index contributed by atoms with van der Waals surface area (Å²) in [5.74, 6) is 0.781. The molecule has 3 aliphatic heterocycles. The summed E-state index contributed by atoms with van der Waals surface area (Å²) < 4.78 is 5.12. The van der Waals surface area contributed by atoms with Crippen molar-refractivity contribution >= 4 is 5.78 Å². The van der Waals surface area contributed by atoms with Gasteiger partial charge in [-0.2, -0.15) is 0 Å². The zero-order valence-corrected chi connectivity index (χ0v) is 7.45. The fourth-order valence-electron chi connectivity index (χ4n) is 2.30. The van der Waals surface area contributed by atoms with Crippen LogP contribution >= 0.6 is 0 Å². The van der Waals surface area contributed by atoms with Gasteiger partial charge in [0.05, 0.1) is 13.2 Å². The first kappa shape index (κ1) is 8.20. The van der Waals surface area contributed by atoms with Crippen molar-refractivity contribution < 1.29 is 9.53 Å². The molecule has 3 aliphatic rings. The van der Waals surface area contributed by atoms with Gasteiger partial charge in [-0.3, -0.25) is 9.69 Å². The van der Waals surface area contributed by atoms with Crippen LogP contribution in [0.25, 0.3) is 0 Å². The Morgan fingerprint density at radius 1 is 1.67 bits per heavy atom. The highest BCUT2D eigenvalue weighted by molar-refractivity contribution is 5.84. The number of ether oxygens (including phenoxy) is 1. The van der Waals surface area contributed by atoms with Crippen LogP contribution in [0, 0.1) is 5.92 Å². The number of nitrogens with zero attached hydrogens (tertiary/aromatic N) is 1. The zero-order chi connectivity index (χ0) is 8.55. The molecule has 3 fully saturated rings. The average molecular weight is 169 g/mol. The molecule has 3 heteroatoms. The molecule has 3 nitrogen and oxygen atoms in total. The second kappa shape index (κ2) is 3.15. The van der Waals surface area contributed by atoms with Crippen molar-refractivity contribution in [2.75, 3.05) is 26.8 Å². The van der Waals surface area contributed by atoms with E-state index in [0.29, 0.717) is 24.3 Å². The maximum Gasteiger partial charge on any atom is 0.150 e. The quantitative estimate of drug-likeness (QED) is 0.595. The minimum atomic E-state index is 0.343. The molecule has 0 saturated carbocycles. The fourth-order valence-corrected chi connectivity index (χ4v) is 2.30. The molecular weight excluding hydrogens is 154 g/mol. The fraction of sp³-hybridized carbons (Fsp3) is 0.889. The molecule has 12 heavy (non-hydrogen) atoms. The Hall–Kier alpha value is -0.410. The first-order chi connectivity index (χ1) is 5.81. The molecule has 3 rings (SSSR count). The summed E-state index contributed by atoms with van der Waals surface area (Å²) in [6.07, 6.45) is 2.09. The molecule has 3 atom stereocenters. The third kappa shape index (κ3) is 1.27. The van der Waals surface area contributed by atoms with E-state index in [2.05, 4.69) is 4.90 Å². The minimum Gasteiger partial charge on any atom is -0.383 e. The molecule has 3 heterocycles. The van der Waals surface area contributed by atoms with Gasteiger partial charge in [0.25, 0.3) is 0 Å². The van der Waals surface area contributed by atoms with Crippen molar-refractivity contribution in [2.45, 2.75) is 18.9 Å². The Kier molecular flexibility index (Phi) is 2.15. The van der Waals surface area contributed by atoms with Gasteiger partial charge in [-0.15, -0.1) is 0 Å². The first-order valence-corrected chi connectivity index (χ1v) is 4.57. The van der Waals surface area contributed by atoms with Crippen LogP contribution in [-0.4, -0.2) is 43.5 Å². The lowest BCUT2D eigenvalue weighted by Crippen LogP contribution is -2.55. The van der Waals surface area contributed by atoms with E-state index in [1.54, 1.807) is 7.11 Å². The van der Waals surface area contributed by atoms with Gasteiger partial charge in [0.15, 0.2) is 0 Å². The summed E-state index contributed by atoms with van der Waals surface area (Å²) in [7, 11) is 1.73. The predicted molar refractivity (Wildman–Crippen MR) is 45.0 cm³/mol. The first-order valence-electron chi connectivity index (χ1n) is 4.57. The molecule has 68 valence electrons. The number of fused-ring (bicyclic) bond motifs is 3. The molecule has 0 aromatic heterocycles. The van der Waals surface area contributed by atoms with Crippen LogP contribution in [0.15, 0.2) is 0 Å². The number of ketones is 1. The van der Waals surface area contributed by atoms with Gasteiger partial charge in [0.1, 0.15) is 5.78 Å². The Labute approximate surface area is 72.7 Å². The number of carbonyl (C=O) groups is 1. The lowest BCUT2D eigenvalue weighted by Gasteiger charge is -2.43. The van der Waals surface area contributed by atoms with Gasteiger partial charge in [0.2, 0.25) is 0 Å². The van der Waals surface area contributed by atoms with Crippen LogP contribution in [-0.2, 0) is 9.53 Å². The van der Waals surface area contributed by atoms with Gasteiger partial charge in [0, 0.05) is 19.1 Å². The van der Waals surface area contributed by atoms with Crippen LogP contribution < -0.4 is 0 Å². The van der Waals surface area contributed by atoms with Crippen molar-refractivity contribution in [1.29, 1.82) is 0 Å². The third-order valence-electron chi connectivity index (χ3n) is 3.01. The summed E-state index contributed by atoms with van der Waals surface area (Å²) >= 11 is 0. The topological polar surface area (TPSA) is 29.5 Å². The number of rotatable bonds is 2. The Balaban J connectivity index is 2.00. The minimum absolute atomic E-state index is 0.343. The Morgan fingerprint density at radius 2 is 2.50 bits per heavy atom. The molecule has 0 radical (unpaired) electrons. The molecule has 0 aromatic carbocycles. The summed E-state index contributed by atoms with van der Waals surface area (Å²) in [5, 5.41) is 0. The molecule has 3 unspecified atom stereocenters. The Morgan fingerprint density at radius 3 is 3.00 bits per heavy atom. The zero-order valence-electron chi connectivity index (χ0n) is 7.45. The number of carbonyl (C=O) groups excluding carboxylic acids is 1. The number of hydrogen-bond acceptors (Lipinski definition) is 3. The molecule has 0 amide bonds. The number of methoxy groups -OCH3 is 1. The van der Waals surface area contributed by atoms with Crippen molar-refractivity contribution in [3.05, 3.63) is 0 Å². The van der Waals surface area contributed by atoms with Crippen molar-refractivity contribution in [2.24, 2.45) is 5.92 Å². The van der Waals surface area contributed by atoms with Crippen LogP contribution in [0.2, 0.25) is 0 Å². The molecule has 0 aromatic rings. The van der Waals surface area contributed by atoms with Gasteiger partial charge < -0.3 is 4.74 Å². The third-order valence-corrected chi connectivity index (χ3v) is 3.01. The average Bonchev–Trinajstić information content (AvgIpc) is 2.07. The largest absolute Gasteiger partial charge is 0.383 e. The van der Waals surface area contributed by atoms with E-state index in [-0.39, 0.29) is 0 Å². The van der Waals surface area contributed by atoms with E-state index in [0.717, 1.165) is 26.0 Å². The highest BCUT2D eigenvalue weighted by Gasteiger charge is 2.38. The van der Waals surface area contributed by atoms with Crippen molar-refractivity contribution in [1.82, 2.24) is 4.90 Å². The van der Waals surface area contributed by atoms with Crippen LogP contribution in [0.4, 0.5) is 0 Å². The van der Waals surface area contributed by atoms with E-state index in [1.165, 1.54) is 0 Å². The predicted octanol–water partition coefficient (Wildman–Crippen LogP) is 0.296. The monoisotopic (exact) mass is 169 g/mol. The van der Waals surface area contributed by atoms with E-state index in [1.807, 2.05) is 0 Å². The van der Waals surface area contributed by atoms with Gasteiger partial charge >= 0.3 is 0 Å². The number of Topliss-reactive ketones (excluding diaryl/α,β-unsaturated/α-hetero) is 1. The van der Waals surface area contributed by atoms with Gasteiger partial charge in [-0.25, -0.2) is 0 Å². The molecular formula is C9H15NO2. The maximum absolute atomic E-state index is 11.3. The molecule has 2 bridgehead atoms. The SMILES string of the molecule is COCC1CC2CCN1CC2=O. The molecule has 3 saturated heterocycles. The van der Waals surface area contributed by atoms with E-state index in [4.69, 9.17) is 4.74 Å². The van der Waals surface area contributed by atoms with Crippen molar-refractivity contribution in [3.63, 3.8) is 0 Å². The van der Waals surface area contributed by atoms with Gasteiger partial charge in [-0.05, 0) is 19.4 Å². The highest BCUT2D eigenvalue weighted by Crippen LogP contribution is 2.29. The van der Waals surface area contributed by atoms with Crippen LogP contribution in [0.5, 0.6) is 0 Å². The number of hydrogen-bond donors (Lipinski definition) is 0. The number of piperidine rings is 3. The summed E-state index contributed by atoms with van der Waals surface area (Å²) in [6.45, 7) is 2.53. The van der Waals surface area contributed by atoms with Crippen molar-refractivity contribution in [3.8, 4) is 0 Å². The van der Waals surface area contributed by atoms with Crippen LogP contribution in [0.1, 0.15) is 12.8 Å². The summed E-state index contributed by atoms with van der Waals surface area (Å²) in [4.78, 5) is 13.6.